The van der Waals surface area contributed by atoms with Crippen molar-refractivity contribution in [3.8, 4) is 11.5 Å². The van der Waals surface area contributed by atoms with Gasteiger partial charge in [0.25, 0.3) is 5.91 Å². The average molecular weight is 483 g/mol. The zero-order valence-electron chi connectivity index (χ0n) is 20.6. The van der Waals surface area contributed by atoms with Gasteiger partial charge in [-0.3, -0.25) is 14.6 Å². The molecule has 7 heteroatoms. The summed E-state index contributed by atoms with van der Waals surface area (Å²) in [7, 11) is 1.72. The maximum Gasteiger partial charge on any atom is 0.253 e. The van der Waals surface area contributed by atoms with Crippen molar-refractivity contribution in [2.45, 2.75) is 26.2 Å². The summed E-state index contributed by atoms with van der Waals surface area (Å²) in [5.41, 5.74) is 4.10. The van der Waals surface area contributed by atoms with Crippen molar-refractivity contribution >= 4 is 34.8 Å². The molecule has 0 aliphatic carbocycles. The number of anilines is 1. The molecule has 3 aromatic carbocycles. The summed E-state index contributed by atoms with van der Waals surface area (Å²) in [6, 6.07) is 22.4. The number of aliphatic imine (C=N–C) groups is 1. The van der Waals surface area contributed by atoms with Crippen LogP contribution in [-0.2, 0) is 0 Å². The fourth-order valence-corrected chi connectivity index (χ4v) is 4.07. The van der Waals surface area contributed by atoms with E-state index in [1.54, 1.807) is 19.2 Å². The van der Waals surface area contributed by atoms with Crippen molar-refractivity contribution in [3.05, 3.63) is 83.9 Å². The summed E-state index contributed by atoms with van der Waals surface area (Å²) in [5, 5.41) is 3.25. The number of oxazole rings is 1. The summed E-state index contributed by atoms with van der Waals surface area (Å²) < 4.78 is 5.96. The minimum atomic E-state index is -0.0364. The molecule has 36 heavy (non-hydrogen) atoms. The van der Waals surface area contributed by atoms with Gasteiger partial charge in [-0.2, -0.15) is 0 Å². The van der Waals surface area contributed by atoms with Crippen LogP contribution in [0.25, 0.3) is 22.6 Å². The summed E-state index contributed by atoms with van der Waals surface area (Å²) >= 11 is 0. The molecule has 0 aliphatic heterocycles. The zero-order valence-corrected chi connectivity index (χ0v) is 20.6. The minimum Gasteiger partial charge on any atom is -0.436 e. The molecule has 0 unspecified atom stereocenters. The first-order valence-corrected chi connectivity index (χ1v) is 12.1. The van der Waals surface area contributed by atoms with Crippen molar-refractivity contribution in [2.75, 3.05) is 25.5 Å². The molecule has 0 aliphatic rings. The van der Waals surface area contributed by atoms with Crippen LogP contribution >= 0.6 is 0 Å². The SMILES string of the molecule is CCCN(CCCC(=NC)Nc1ccccc1C=O)C(=O)c1ccc2nc(-c3ccccc3)oc2c1. The fourth-order valence-electron chi connectivity index (χ4n) is 4.07. The lowest BCUT2D eigenvalue weighted by Crippen LogP contribution is -2.33. The standard InChI is InChI=1S/C29H30N4O3/c1-3-17-33(18-9-14-27(30-2)31-24-13-8-7-12-23(24)20-34)29(35)22-15-16-25-26(19-22)36-28(32-25)21-10-5-4-6-11-21/h4-8,10-13,15-16,19-20H,3,9,14,17-18H2,1-2H3,(H,30,31). The summed E-state index contributed by atoms with van der Waals surface area (Å²) in [5.74, 6) is 1.27. The van der Waals surface area contributed by atoms with Crippen molar-refractivity contribution in [2.24, 2.45) is 4.99 Å². The van der Waals surface area contributed by atoms with E-state index in [0.29, 0.717) is 42.1 Å². The lowest BCUT2D eigenvalue weighted by molar-refractivity contribution is 0.0754. The molecule has 1 amide bonds. The molecule has 1 aromatic heterocycles. The molecule has 0 spiro atoms. The Morgan fingerprint density at radius 2 is 1.83 bits per heavy atom. The number of amides is 1. The fraction of sp³-hybridized carbons (Fsp3) is 0.241. The number of amidine groups is 1. The highest BCUT2D eigenvalue weighted by atomic mass is 16.3. The van der Waals surface area contributed by atoms with Crippen molar-refractivity contribution in [3.63, 3.8) is 0 Å². The predicted molar refractivity (Wildman–Crippen MR) is 144 cm³/mol. The normalized spacial score (nSPS) is 11.4. The molecule has 4 aromatic rings. The van der Waals surface area contributed by atoms with Gasteiger partial charge in [0.1, 0.15) is 11.4 Å². The van der Waals surface area contributed by atoms with Gasteiger partial charge in [-0.15, -0.1) is 0 Å². The molecule has 0 radical (unpaired) electrons. The molecular formula is C29H30N4O3. The Labute approximate surface area is 210 Å². The number of rotatable bonds is 10. The highest BCUT2D eigenvalue weighted by Gasteiger charge is 2.17. The van der Waals surface area contributed by atoms with Crippen LogP contribution in [-0.4, -0.2) is 48.1 Å². The average Bonchev–Trinajstić information content (AvgIpc) is 3.36. The zero-order chi connectivity index (χ0) is 25.3. The smallest absolute Gasteiger partial charge is 0.253 e. The number of carbonyl (C=O) groups is 2. The van der Waals surface area contributed by atoms with Gasteiger partial charge in [-0.1, -0.05) is 37.3 Å². The van der Waals surface area contributed by atoms with Crippen LogP contribution in [0.5, 0.6) is 0 Å². The topological polar surface area (TPSA) is 87.8 Å². The van der Waals surface area contributed by atoms with Gasteiger partial charge < -0.3 is 14.6 Å². The monoisotopic (exact) mass is 482 g/mol. The quantitative estimate of drug-likeness (QED) is 0.168. The van der Waals surface area contributed by atoms with E-state index < -0.39 is 0 Å². The lowest BCUT2D eigenvalue weighted by Gasteiger charge is -2.22. The van der Waals surface area contributed by atoms with Crippen molar-refractivity contribution in [1.29, 1.82) is 0 Å². The third-order valence-corrected chi connectivity index (χ3v) is 5.92. The second-order valence-corrected chi connectivity index (χ2v) is 8.46. The van der Waals surface area contributed by atoms with Gasteiger partial charge in [-0.05, 0) is 55.3 Å². The number of fused-ring (bicyclic) bond motifs is 1. The molecule has 0 saturated carbocycles. The number of carbonyl (C=O) groups excluding carboxylic acids is 2. The second kappa shape index (κ2) is 11.9. The Morgan fingerprint density at radius 3 is 2.58 bits per heavy atom. The van der Waals surface area contributed by atoms with Gasteiger partial charge in [0.2, 0.25) is 5.89 Å². The number of hydrogen-bond acceptors (Lipinski definition) is 5. The van der Waals surface area contributed by atoms with Gasteiger partial charge >= 0.3 is 0 Å². The summed E-state index contributed by atoms with van der Waals surface area (Å²) in [6.07, 6.45) is 3.07. The van der Waals surface area contributed by atoms with E-state index in [1.807, 2.05) is 65.6 Å². The molecule has 7 nitrogen and oxygen atoms in total. The molecule has 0 fully saturated rings. The predicted octanol–water partition coefficient (Wildman–Crippen LogP) is 6.08. The second-order valence-electron chi connectivity index (χ2n) is 8.46. The van der Waals surface area contributed by atoms with Crippen LogP contribution in [0.1, 0.15) is 46.9 Å². The Kier molecular flexibility index (Phi) is 8.24. The van der Waals surface area contributed by atoms with E-state index >= 15 is 0 Å². The van der Waals surface area contributed by atoms with Crippen LogP contribution in [0.4, 0.5) is 5.69 Å². The number of benzene rings is 3. The van der Waals surface area contributed by atoms with Crippen LogP contribution in [0.15, 0.2) is 82.2 Å². The van der Waals surface area contributed by atoms with Gasteiger partial charge in [0, 0.05) is 48.9 Å². The molecule has 184 valence electrons. The number of nitrogens with zero attached hydrogens (tertiary/aromatic N) is 3. The van der Waals surface area contributed by atoms with E-state index in [2.05, 4.69) is 22.2 Å². The number of hydrogen-bond donors (Lipinski definition) is 1. The minimum absolute atomic E-state index is 0.0364. The third-order valence-electron chi connectivity index (χ3n) is 5.92. The van der Waals surface area contributed by atoms with E-state index in [1.165, 1.54) is 0 Å². The maximum atomic E-state index is 13.4. The molecule has 1 N–H and O–H groups in total. The van der Waals surface area contributed by atoms with Crippen molar-refractivity contribution < 1.29 is 14.0 Å². The Hall–Kier alpha value is -4.26. The summed E-state index contributed by atoms with van der Waals surface area (Å²) in [4.78, 5) is 35.4. The Bertz CT molecular complexity index is 1360. The van der Waals surface area contributed by atoms with Crippen LogP contribution in [0, 0.1) is 0 Å². The lowest BCUT2D eigenvalue weighted by atomic mass is 10.1. The van der Waals surface area contributed by atoms with Crippen LogP contribution in [0.3, 0.4) is 0 Å². The number of nitrogens with one attached hydrogen (secondary N) is 1. The first-order chi connectivity index (χ1) is 17.6. The van der Waals surface area contributed by atoms with E-state index in [9.17, 15) is 9.59 Å². The number of aromatic nitrogens is 1. The van der Waals surface area contributed by atoms with Gasteiger partial charge in [-0.25, -0.2) is 4.98 Å². The van der Waals surface area contributed by atoms with E-state index in [0.717, 1.165) is 41.7 Å². The van der Waals surface area contributed by atoms with Crippen LogP contribution in [0.2, 0.25) is 0 Å². The molecule has 0 bridgehead atoms. The molecular weight excluding hydrogens is 452 g/mol. The number of para-hydroxylation sites is 1. The van der Waals surface area contributed by atoms with Crippen molar-refractivity contribution in [1.82, 2.24) is 9.88 Å². The molecule has 4 rings (SSSR count). The third kappa shape index (κ3) is 5.86. The largest absolute Gasteiger partial charge is 0.436 e. The highest BCUT2D eigenvalue weighted by Crippen LogP contribution is 2.25. The highest BCUT2D eigenvalue weighted by molar-refractivity contribution is 6.00. The molecule has 0 saturated heterocycles. The first kappa shape index (κ1) is 24.9. The van der Waals surface area contributed by atoms with E-state index in [4.69, 9.17) is 4.42 Å². The number of aldehydes is 1. The van der Waals surface area contributed by atoms with Gasteiger partial charge in [0.15, 0.2) is 11.9 Å². The van der Waals surface area contributed by atoms with Gasteiger partial charge in [0.05, 0.1) is 0 Å². The van der Waals surface area contributed by atoms with E-state index in [-0.39, 0.29) is 5.91 Å². The molecule has 1 heterocycles. The summed E-state index contributed by atoms with van der Waals surface area (Å²) in [6.45, 7) is 3.30. The maximum absolute atomic E-state index is 13.4. The Morgan fingerprint density at radius 1 is 1.06 bits per heavy atom. The van der Waals surface area contributed by atoms with Crippen LogP contribution < -0.4 is 5.32 Å². The molecule has 0 atom stereocenters. The Balaban J connectivity index is 1.42. The first-order valence-electron chi connectivity index (χ1n) is 12.1.